The van der Waals surface area contributed by atoms with Crippen molar-refractivity contribution in [3.63, 3.8) is 0 Å². The van der Waals surface area contributed by atoms with Crippen molar-refractivity contribution >= 4 is 5.69 Å². The fourth-order valence-corrected chi connectivity index (χ4v) is 3.49. The zero-order chi connectivity index (χ0) is 11.1. The Kier molecular flexibility index (Phi) is 2.40. The van der Waals surface area contributed by atoms with Gasteiger partial charge in [0.25, 0.3) is 0 Å². The predicted molar refractivity (Wildman–Crippen MR) is 67.5 cm³/mol. The molecule has 0 aromatic heterocycles. The molecule has 1 saturated carbocycles. The molecule has 1 heterocycles. The molecule has 0 radical (unpaired) electrons. The quantitative estimate of drug-likeness (QED) is 0.822. The van der Waals surface area contributed by atoms with Crippen LogP contribution in [-0.2, 0) is 6.54 Å². The van der Waals surface area contributed by atoms with Gasteiger partial charge < -0.3 is 10.6 Å². The predicted octanol–water partition coefficient (Wildman–Crippen LogP) is 2.44. The summed E-state index contributed by atoms with van der Waals surface area (Å²) in [7, 11) is 0. The van der Waals surface area contributed by atoms with Gasteiger partial charge in [0, 0.05) is 24.8 Å². The number of nitrogens with two attached hydrogens (primary N) is 1. The first-order chi connectivity index (χ1) is 7.79. The normalized spacial score (nSPS) is 27.8. The molecule has 0 amide bonds. The number of anilines is 1. The second-order valence-corrected chi connectivity index (χ2v) is 5.27. The van der Waals surface area contributed by atoms with Crippen molar-refractivity contribution in [1.29, 1.82) is 0 Å². The Bertz CT molecular complexity index is 400. The molecule has 2 nitrogen and oxygen atoms in total. The standard InChI is InChI=1S/C14H20N2/c1-10-3-2-4-12(8-15)14(10)16-9-11-5-6-13(16)7-11/h2-4,11,13H,5-9,15H2,1H3. The Morgan fingerprint density at radius 3 is 2.88 bits per heavy atom. The first-order valence-corrected chi connectivity index (χ1v) is 6.35. The highest BCUT2D eigenvalue weighted by molar-refractivity contribution is 5.61. The van der Waals surface area contributed by atoms with E-state index in [0.29, 0.717) is 6.54 Å². The Morgan fingerprint density at radius 1 is 1.38 bits per heavy atom. The van der Waals surface area contributed by atoms with E-state index in [1.807, 2.05) is 0 Å². The van der Waals surface area contributed by atoms with Crippen LogP contribution in [0.3, 0.4) is 0 Å². The number of rotatable bonds is 2. The van der Waals surface area contributed by atoms with Gasteiger partial charge >= 0.3 is 0 Å². The minimum Gasteiger partial charge on any atom is -0.368 e. The molecule has 86 valence electrons. The smallest absolute Gasteiger partial charge is 0.0444 e. The molecular formula is C14H20N2. The lowest BCUT2D eigenvalue weighted by Crippen LogP contribution is -2.33. The van der Waals surface area contributed by atoms with Crippen molar-refractivity contribution in [1.82, 2.24) is 0 Å². The average molecular weight is 216 g/mol. The van der Waals surface area contributed by atoms with Crippen molar-refractivity contribution in [2.24, 2.45) is 11.7 Å². The van der Waals surface area contributed by atoms with Crippen LogP contribution in [0, 0.1) is 12.8 Å². The van der Waals surface area contributed by atoms with Gasteiger partial charge in [-0.2, -0.15) is 0 Å². The maximum absolute atomic E-state index is 5.86. The number of fused-ring (bicyclic) bond motifs is 2. The van der Waals surface area contributed by atoms with E-state index in [-0.39, 0.29) is 0 Å². The molecule has 2 atom stereocenters. The third-order valence-corrected chi connectivity index (χ3v) is 4.24. The van der Waals surface area contributed by atoms with Crippen LogP contribution in [0.1, 0.15) is 30.4 Å². The number of hydrogen-bond donors (Lipinski definition) is 1. The summed E-state index contributed by atoms with van der Waals surface area (Å²) >= 11 is 0. The molecule has 2 heteroatoms. The van der Waals surface area contributed by atoms with Gasteiger partial charge in [-0.1, -0.05) is 18.2 Å². The lowest BCUT2D eigenvalue weighted by molar-refractivity contribution is 0.552. The average Bonchev–Trinajstić information content (AvgIpc) is 2.90. The van der Waals surface area contributed by atoms with Gasteiger partial charge in [0.05, 0.1) is 0 Å². The SMILES string of the molecule is Cc1cccc(CN)c1N1CC2CCC1C2. The van der Waals surface area contributed by atoms with Gasteiger partial charge in [0.1, 0.15) is 0 Å². The maximum atomic E-state index is 5.86. The van der Waals surface area contributed by atoms with Crippen molar-refractivity contribution in [3.8, 4) is 0 Å². The van der Waals surface area contributed by atoms with Crippen LogP contribution in [0.25, 0.3) is 0 Å². The highest BCUT2D eigenvalue weighted by Gasteiger charge is 2.38. The largest absolute Gasteiger partial charge is 0.368 e. The molecule has 2 fully saturated rings. The van der Waals surface area contributed by atoms with Crippen LogP contribution in [0.2, 0.25) is 0 Å². The Morgan fingerprint density at radius 2 is 2.25 bits per heavy atom. The van der Waals surface area contributed by atoms with Crippen molar-refractivity contribution in [2.75, 3.05) is 11.4 Å². The number of para-hydroxylation sites is 1. The van der Waals surface area contributed by atoms with Crippen molar-refractivity contribution in [2.45, 2.75) is 38.8 Å². The number of hydrogen-bond acceptors (Lipinski definition) is 2. The van der Waals surface area contributed by atoms with E-state index >= 15 is 0 Å². The van der Waals surface area contributed by atoms with Crippen LogP contribution >= 0.6 is 0 Å². The zero-order valence-corrected chi connectivity index (χ0v) is 9.95. The van der Waals surface area contributed by atoms with Gasteiger partial charge in [0.15, 0.2) is 0 Å². The highest BCUT2D eigenvalue weighted by Crippen LogP contribution is 2.42. The van der Waals surface area contributed by atoms with Crippen LogP contribution < -0.4 is 10.6 Å². The molecule has 1 aromatic carbocycles. The summed E-state index contributed by atoms with van der Waals surface area (Å²) in [6.45, 7) is 4.12. The topological polar surface area (TPSA) is 29.3 Å². The molecule has 1 aliphatic carbocycles. The van der Waals surface area contributed by atoms with Gasteiger partial charge in [0.2, 0.25) is 0 Å². The van der Waals surface area contributed by atoms with Crippen molar-refractivity contribution in [3.05, 3.63) is 29.3 Å². The van der Waals surface area contributed by atoms with E-state index in [9.17, 15) is 0 Å². The van der Waals surface area contributed by atoms with Crippen molar-refractivity contribution < 1.29 is 0 Å². The molecule has 1 aromatic rings. The van der Waals surface area contributed by atoms with Crippen LogP contribution in [0.4, 0.5) is 5.69 Å². The minimum absolute atomic E-state index is 0.658. The lowest BCUT2D eigenvalue weighted by Gasteiger charge is -2.32. The van der Waals surface area contributed by atoms with Crippen LogP contribution in [-0.4, -0.2) is 12.6 Å². The van der Waals surface area contributed by atoms with E-state index in [0.717, 1.165) is 12.0 Å². The van der Waals surface area contributed by atoms with E-state index in [1.54, 1.807) is 0 Å². The minimum atomic E-state index is 0.658. The van der Waals surface area contributed by atoms with E-state index < -0.39 is 0 Å². The maximum Gasteiger partial charge on any atom is 0.0444 e. The second-order valence-electron chi connectivity index (χ2n) is 5.27. The van der Waals surface area contributed by atoms with Gasteiger partial charge in [-0.15, -0.1) is 0 Å². The van der Waals surface area contributed by atoms with Gasteiger partial charge in [-0.05, 0) is 43.2 Å². The summed E-state index contributed by atoms with van der Waals surface area (Å²) in [6.07, 6.45) is 4.21. The summed E-state index contributed by atoms with van der Waals surface area (Å²) in [5, 5.41) is 0. The monoisotopic (exact) mass is 216 g/mol. The molecule has 1 saturated heterocycles. The number of piperidine rings is 1. The summed E-state index contributed by atoms with van der Waals surface area (Å²) in [6, 6.07) is 7.29. The van der Waals surface area contributed by atoms with Gasteiger partial charge in [-0.3, -0.25) is 0 Å². The molecule has 2 unspecified atom stereocenters. The van der Waals surface area contributed by atoms with E-state index in [4.69, 9.17) is 5.73 Å². The molecule has 1 aliphatic heterocycles. The molecular weight excluding hydrogens is 196 g/mol. The summed E-state index contributed by atoms with van der Waals surface area (Å²) < 4.78 is 0. The number of aryl methyl sites for hydroxylation is 1. The fraction of sp³-hybridized carbons (Fsp3) is 0.571. The summed E-state index contributed by atoms with van der Waals surface area (Å²) in [4.78, 5) is 2.62. The van der Waals surface area contributed by atoms with Crippen LogP contribution in [0.15, 0.2) is 18.2 Å². The Balaban J connectivity index is 1.99. The fourth-order valence-electron chi connectivity index (χ4n) is 3.49. The summed E-state index contributed by atoms with van der Waals surface area (Å²) in [5.41, 5.74) is 9.98. The van der Waals surface area contributed by atoms with E-state index in [2.05, 4.69) is 30.0 Å². The van der Waals surface area contributed by atoms with Gasteiger partial charge in [-0.25, -0.2) is 0 Å². The Hall–Kier alpha value is -1.02. The molecule has 2 aliphatic rings. The molecule has 2 bridgehead atoms. The number of benzene rings is 1. The first-order valence-electron chi connectivity index (χ1n) is 6.35. The molecule has 0 spiro atoms. The molecule has 2 N–H and O–H groups in total. The zero-order valence-electron chi connectivity index (χ0n) is 9.95. The Labute approximate surface area is 97.4 Å². The number of nitrogens with zero attached hydrogens (tertiary/aromatic N) is 1. The highest BCUT2D eigenvalue weighted by atomic mass is 15.2. The first kappa shape index (κ1) is 10.2. The second kappa shape index (κ2) is 3.77. The third kappa shape index (κ3) is 1.44. The summed E-state index contributed by atoms with van der Waals surface area (Å²) in [5.74, 6) is 0.940. The lowest BCUT2D eigenvalue weighted by atomic mass is 10.0. The van der Waals surface area contributed by atoms with Crippen LogP contribution in [0.5, 0.6) is 0 Å². The van der Waals surface area contributed by atoms with E-state index in [1.165, 1.54) is 42.6 Å². The third-order valence-electron chi connectivity index (χ3n) is 4.24. The molecule has 3 rings (SSSR count). The molecule has 16 heavy (non-hydrogen) atoms.